The Morgan fingerprint density at radius 3 is 2.41 bits per heavy atom. The molecule has 2 aromatic carbocycles. The Morgan fingerprint density at radius 2 is 1.74 bits per heavy atom. The molecule has 7 heteroatoms. The molecule has 1 amide bonds. The summed E-state index contributed by atoms with van der Waals surface area (Å²) < 4.78 is 7.33. The van der Waals surface area contributed by atoms with Crippen LogP contribution in [0.3, 0.4) is 0 Å². The summed E-state index contributed by atoms with van der Waals surface area (Å²) >= 11 is 0. The molecule has 0 atom stereocenters. The second kappa shape index (κ2) is 9.25. The third kappa shape index (κ3) is 4.78. The highest BCUT2D eigenvalue weighted by Gasteiger charge is 2.18. The zero-order chi connectivity index (χ0) is 24.5. The van der Waals surface area contributed by atoms with Crippen LogP contribution in [0.5, 0.6) is 5.75 Å². The van der Waals surface area contributed by atoms with Gasteiger partial charge in [-0.2, -0.15) is 4.98 Å². The van der Waals surface area contributed by atoms with E-state index in [0.717, 1.165) is 22.5 Å². The van der Waals surface area contributed by atoms with Crippen LogP contribution in [-0.2, 0) is 16.6 Å². The largest absolute Gasteiger partial charge is 0.492 e. The van der Waals surface area contributed by atoms with Crippen molar-refractivity contribution in [2.24, 2.45) is 0 Å². The number of rotatable bonds is 6. The van der Waals surface area contributed by atoms with E-state index in [-0.39, 0.29) is 17.7 Å². The quantitative estimate of drug-likeness (QED) is 0.426. The van der Waals surface area contributed by atoms with Crippen molar-refractivity contribution in [2.45, 2.75) is 53.4 Å². The minimum absolute atomic E-state index is 0.0821. The molecule has 4 aromatic rings. The number of nitrogens with one attached hydrogen (secondary N) is 1. The summed E-state index contributed by atoms with van der Waals surface area (Å²) in [7, 11) is 0. The van der Waals surface area contributed by atoms with Gasteiger partial charge in [0.2, 0.25) is 5.91 Å². The topological polar surface area (TPSA) is 81.4 Å². The first-order valence-electron chi connectivity index (χ1n) is 11.5. The number of benzene rings is 2. The Bertz CT molecular complexity index is 1330. The third-order valence-corrected chi connectivity index (χ3v) is 5.86. The minimum atomic E-state index is -0.141. The molecule has 7 nitrogen and oxygen atoms in total. The number of carbonyl (C=O) groups excluding carboxylic acids is 1. The Kier molecular flexibility index (Phi) is 6.37. The number of ether oxygens (including phenoxy) is 1. The van der Waals surface area contributed by atoms with Crippen molar-refractivity contribution in [1.29, 1.82) is 0 Å². The summed E-state index contributed by atoms with van der Waals surface area (Å²) in [6.45, 7) is 12.9. The maximum Gasteiger partial charge on any atom is 0.253 e. The van der Waals surface area contributed by atoms with Crippen molar-refractivity contribution in [3.63, 3.8) is 0 Å². The van der Waals surface area contributed by atoms with Crippen LogP contribution in [0.1, 0.15) is 50.2 Å². The maximum atomic E-state index is 12.9. The van der Waals surface area contributed by atoms with Crippen LogP contribution in [0.2, 0.25) is 0 Å². The Morgan fingerprint density at radius 1 is 1.03 bits per heavy atom. The summed E-state index contributed by atoms with van der Waals surface area (Å²) in [5.41, 5.74) is 5.37. The zero-order valence-electron chi connectivity index (χ0n) is 20.6. The lowest BCUT2D eigenvalue weighted by atomic mass is 9.87. The van der Waals surface area contributed by atoms with E-state index < -0.39 is 0 Å². The summed E-state index contributed by atoms with van der Waals surface area (Å²) in [4.78, 5) is 22.2. The van der Waals surface area contributed by atoms with Crippen LogP contribution in [-0.4, -0.2) is 32.1 Å². The maximum absolute atomic E-state index is 12.9. The molecule has 0 spiro atoms. The molecule has 0 aliphatic heterocycles. The van der Waals surface area contributed by atoms with Crippen LogP contribution in [0.25, 0.3) is 17.2 Å². The van der Waals surface area contributed by atoms with Crippen molar-refractivity contribution in [3.05, 3.63) is 71.0 Å². The van der Waals surface area contributed by atoms with Gasteiger partial charge in [-0.15, -0.1) is 5.10 Å². The van der Waals surface area contributed by atoms with Gasteiger partial charge in [0.15, 0.2) is 5.82 Å². The molecule has 0 fully saturated rings. The van der Waals surface area contributed by atoms with Crippen LogP contribution in [0.15, 0.2) is 48.5 Å². The Labute approximate surface area is 200 Å². The van der Waals surface area contributed by atoms with Gasteiger partial charge in [-0.1, -0.05) is 57.2 Å². The second-order valence-electron chi connectivity index (χ2n) is 9.39. The van der Waals surface area contributed by atoms with Crippen LogP contribution in [0.4, 0.5) is 5.69 Å². The van der Waals surface area contributed by atoms with Crippen LogP contribution >= 0.6 is 0 Å². The molecule has 4 rings (SSSR count). The smallest absolute Gasteiger partial charge is 0.253 e. The SMILES string of the molecule is CCOc1ccccc1NC(=O)Cc1c(C)nc2nc(-c3ccc(C(C)(C)C)cc3)nn2c1C. The van der Waals surface area contributed by atoms with Crippen molar-refractivity contribution in [2.75, 3.05) is 11.9 Å². The average Bonchev–Trinajstić information content (AvgIpc) is 3.22. The number of nitrogens with zero attached hydrogens (tertiary/aromatic N) is 4. The monoisotopic (exact) mass is 457 g/mol. The molecule has 0 aliphatic rings. The van der Waals surface area contributed by atoms with E-state index in [0.29, 0.717) is 29.6 Å². The fraction of sp³-hybridized carbons (Fsp3) is 0.333. The van der Waals surface area contributed by atoms with Crippen molar-refractivity contribution >= 4 is 17.4 Å². The molecular formula is C27H31N5O2. The summed E-state index contributed by atoms with van der Waals surface area (Å²) in [5.74, 6) is 1.65. The van der Waals surface area contributed by atoms with Gasteiger partial charge in [-0.05, 0) is 43.9 Å². The zero-order valence-corrected chi connectivity index (χ0v) is 20.6. The Balaban J connectivity index is 1.61. The molecule has 0 saturated heterocycles. The van der Waals surface area contributed by atoms with E-state index >= 15 is 0 Å². The fourth-order valence-electron chi connectivity index (χ4n) is 3.91. The minimum Gasteiger partial charge on any atom is -0.492 e. The lowest BCUT2D eigenvalue weighted by molar-refractivity contribution is -0.115. The second-order valence-corrected chi connectivity index (χ2v) is 9.39. The number of amides is 1. The normalized spacial score (nSPS) is 11.6. The highest BCUT2D eigenvalue weighted by Crippen LogP contribution is 2.26. The number of hydrogen-bond donors (Lipinski definition) is 1. The molecule has 34 heavy (non-hydrogen) atoms. The van der Waals surface area contributed by atoms with Gasteiger partial charge in [0, 0.05) is 22.5 Å². The standard InChI is InChI=1S/C27H31N5O2/c1-7-34-23-11-9-8-10-22(23)29-24(33)16-21-17(2)28-26-30-25(31-32(26)18(21)3)19-12-14-20(15-13-19)27(4,5)6/h8-15H,7,16H2,1-6H3,(H,29,33). The van der Waals surface area contributed by atoms with E-state index in [1.54, 1.807) is 4.52 Å². The molecule has 1 N–H and O–H groups in total. The van der Waals surface area contributed by atoms with E-state index in [1.807, 2.05) is 57.2 Å². The molecule has 176 valence electrons. The number of carbonyl (C=O) groups is 1. The summed E-state index contributed by atoms with van der Waals surface area (Å²) in [6, 6.07) is 15.7. The van der Waals surface area contributed by atoms with Crippen molar-refractivity contribution in [1.82, 2.24) is 19.6 Å². The van der Waals surface area contributed by atoms with E-state index in [2.05, 4.69) is 48.2 Å². The fourth-order valence-corrected chi connectivity index (χ4v) is 3.91. The van der Waals surface area contributed by atoms with Gasteiger partial charge in [0.1, 0.15) is 5.75 Å². The number of anilines is 1. The number of aromatic nitrogens is 4. The van der Waals surface area contributed by atoms with Gasteiger partial charge >= 0.3 is 0 Å². The van der Waals surface area contributed by atoms with E-state index in [1.165, 1.54) is 5.56 Å². The average molecular weight is 458 g/mol. The number of aryl methyl sites for hydroxylation is 2. The van der Waals surface area contributed by atoms with Gasteiger partial charge < -0.3 is 10.1 Å². The first kappa shape index (κ1) is 23.4. The van der Waals surface area contributed by atoms with Crippen LogP contribution < -0.4 is 10.1 Å². The molecule has 0 radical (unpaired) electrons. The number of fused-ring (bicyclic) bond motifs is 1. The molecule has 0 bridgehead atoms. The molecular weight excluding hydrogens is 426 g/mol. The molecule has 2 heterocycles. The third-order valence-electron chi connectivity index (χ3n) is 5.86. The first-order chi connectivity index (χ1) is 16.2. The highest BCUT2D eigenvalue weighted by molar-refractivity contribution is 5.94. The van der Waals surface area contributed by atoms with Crippen molar-refractivity contribution in [3.8, 4) is 17.1 Å². The highest BCUT2D eigenvalue weighted by atomic mass is 16.5. The van der Waals surface area contributed by atoms with Crippen molar-refractivity contribution < 1.29 is 9.53 Å². The number of hydrogen-bond acceptors (Lipinski definition) is 5. The van der Waals surface area contributed by atoms with E-state index in [4.69, 9.17) is 9.84 Å². The first-order valence-corrected chi connectivity index (χ1v) is 11.5. The Hall–Kier alpha value is -3.74. The molecule has 2 aromatic heterocycles. The predicted octanol–water partition coefficient (Wildman–Crippen LogP) is 5.29. The lowest BCUT2D eigenvalue weighted by Crippen LogP contribution is -2.18. The summed E-state index contributed by atoms with van der Waals surface area (Å²) in [6.07, 6.45) is 0.177. The van der Waals surface area contributed by atoms with Gasteiger partial charge in [0.25, 0.3) is 5.78 Å². The predicted molar refractivity (Wildman–Crippen MR) is 134 cm³/mol. The molecule has 0 unspecified atom stereocenters. The van der Waals surface area contributed by atoms with Gasteiger partial charge in [0.05, 0.1) is 18.7 Å². The molecule has 0 saturated carbocycles. The van der Waals surface area contributed by atoms with Gasteiger partial charge in [-0.3, -0.25) is 4.79 Å². The van der Waals surface area contributed by atoms with Crippen LogP contribution in [0, 0.1) is 13.8 Å². The summed E-state index contributed by atoms with van der Waals surface area (Å²) in [5, 5.41) is 7.65. The molecule has 0 aliphatic carbocycles. The number of para-hydroxylation sites is 2. The lowest BCUT2D eigenvalue weighted by Gasteiger charge is -2.18. The van der Waals surface area contributed by atoms with E-state index in [9.17, 15) is 4.79 Å². The van der Waals surface area contributed by atoms with Gasteiger partial charge in [-0.25, -0.2) is 9.50 Å².